The lowest BCUT2D eigenvalue weighted by Crippen LogP contribution is -2.12. The van der Waals surface area contributed by atoms with Crippen molar-refractivity contribution in [2.45, 2.75) is 6.18 Å². The smallest absolute Gasteiger partial charge is 0.417 e. The number of benzene rings is 1. The van der Waals surface area contributed by atoms with Crippen molar-refractivity contribution in [2.24, 2.45) is 0 Å². The Labute approximate surface area is 83.1 Å². The molecular weight excluding hydrogens is 213 g/mol. The van der Waals surface area contributed by atoms with Crippen LogP contribution in [0.25, 0.3) is 0 Å². The van der Waals surface area contributed by atoms with E-state index in [2.05, 4.69) is 4.74 Å². The van der Waals surface area contributed by atoms with Gasteiger partial charge in [0.25, 0.3) is 0 Å². The summed E-state index contributed by atoms with van der Waals surface area (Å²) in [5.74, 6) is -1.57. The zero-order valence-electron chi connectivity index (χ0n) is 7.63. The van der Waals surface area contributed by atoms with Crippen LogP contribution >= 0.6 is 0 Å². The third kappa shape index (κ3) is 2.39. The quantitative estimate of drug-likeness (QED) is 0.832. The van der Waals surface area contributed by atoms with Crippen LogP contribution in [-0.4, -0.2) is 18.2 Å². The molecule has 0 atom stereocenters. The summed E-state index contributed by atoms with van der Waals surface area (Å²) in [6.07, 6.45) is -4.68. The van der Waals surface area contributed by atoms with Gasteiger partial charge in [0, 0.05) is 0 Å². The lowest BCUT2D eigenvalue weighted by Gasteiger charge is -2.10. The standard InChI is InChI=1S/C9H7F3O3/c1-15-5-2-3-7(9(10,11)12)6(4-5)8(13)14/h2-4H,1H3,(H,13,14). The molecule has 0 radical (unpaired) electrons. The molecule has 0 spiro atoms. The summed E-state index contributed by atoms with van der Waals surface area (Å²) >= 11 is 0. The molecule has 0 unspecified atom stereocenters. The molecule has 1 aromatic carbocycles. The maximum atomic E-state index is 12.3. The molecular formula is C9H7F3O3. The molecule has 6 heteroatoms. The normalized spacial score (nSPS) is 11.2. The second-order valence-corrected chi connectivity index (χ2v) is 2.71. The Morgan fingerprint density at radius 2 is 2.00 bits per heavy atom. The minimum atomic E-state index is -4.68. The van der Waals surface area contributed by atoms with Crippen LogP contribution in [0.2, 0.25) is 0 Å². The Morgan fingerprint density at radius 3 is 2.40 bits per heavy atom. The molecule has 0 aliphatic carbocycles. The SMILES string of the molecule is COc1ccc(C(F)(F)F)c(C(=O)O)c1. The van der Waals surface area contributed by atoms with Gasteiger partial charge in [-0.15, -0.1) is 0 Å². The highest BCUT2D eigenvalue weighted by molar-refractivity contribution is 5.90. The first-order valence-corrected chi connectivity index (χ1v) is 3.85. The molecule has 0 saturated carbocycles. The Balaban J connectivity index is 3.34. The van der Waals surface area contributed by atoms with E-state index in [0.717, 1.165) is 12.1 Å². The van der Waals surface area contributed by atoms with Crippen LogP contribution in [0.3, 0.4) is 0 Å². The molecule has 0 fully saturated rings. The molecule has 0 saturated heterocycles. The summed E-state index contributed by atoms with van der Waals surface area (Å²) in [6.45, 7) is 0. The van der Waals surface area contributed by atoms with E-state index in [9.17, 15) is 18.0 Å². The summed E-state index contributed by atoms with van der Waals surface area (Å²) in [7, 11) is 1.24. The van der Waals surface area contributed by atoms with Gasteiger partial charge in [-0.25, -0.2) is 4.79 Å². The number of rotatable bonds is 2. The molecule has 1 rings (SSSR count). The first kappa shape index (κ1) is 11.4. The summed E-state index contributed by atoms with van der Waals surface area (Å²) in [5.41, 5.74) is -2.00. The highest BCUT2D eigenvalue weighted by atomic mass is 19.4. The number of methoxy groups -OCH3 is 1. The largest absolute Gasteiger partial charge is 0.497 e. The Kier molecular flexibility index (Phi) is 2.88. The predicted octanol–water partition coefficient (Wildman–Crippen LogP) is 2.41. The van der Waals surface area contributed by atoms with Crippen LogP contribution in [0, 0.1) is 0 Å². The lowest BCUT2D eigenvalue weighted by atomic mass is 10.1. The van der Waals surface area contributed by atoms with E-state index in [0.29, 0.717) is 6.07 Å². The second kappa shape index (κ2) is 3.80. The fourth-order valence-electron chi connectivity index (χ4n) is 1.07. The first-order chi connectivity index (χ1) is 6.86. The van der Waals surface area contributed by atoms with Gasteiger partial charge in [0.1, 0.15) is 5.75 Å². The van der Waals surface area contributed by atoms with E-state index in [4.69, 9.17) is 5.11 Å². The Morgan fingerprint density at radius 1 is 1.40 bits per heavy atom. The third-order valence-electron chi connectivity index (χ3n) is 1.76. The van der Waals surface area contributed by atoms with E-state index in [1.807, 2.05) is 0 Å². The van der Waals surface area contributed by atoms with Crippen molar-refractivity contribution in [3.05, 3.63) is 29.3 Å². The van der Waals surface area contributed by atoms with Crippen LogP contribution in [0.15, 0.2) is 18.2 Å². The van der Waals surface area contributed by atoms with Crippen LogP contribution < -0.4 is 4.74 Å². The first-order valence-electron chi connectivity index (χ1n) is 3.85. The Hall–Kier alpha value is -1.72. The van der Waals surface area contributed by atoms with Gasteiger partial charge in [-0.2, -0.15) is 13.2 Å². The highest BCUT2D eigenvalue weighted by Gasteiger charge is 2.35. The van der Waals surface area contributed by atoms with E-state index in [1.54, 1.807) is 0 Å². The summed E-state index contributed by atoms with van der Waals surface area (Å²) < 4.78 is 41.7. The van der Waals surface area contributed by atoms with Crippen molar-refractivity contribution in [1.29, 1.82) is 0 Å². The number of hydrogen-bond acceptors (Lipinski definition) is 2. The van der Waals surface area contributed by atoms with Crippen molar-refractivity contribution < 1.29 is 27.8 Å². The third-order valence-corrected chi connectivity index (χ3v) is 1.76. The van der Waals surface area contributed by atoms with E-state index < -0.39 is 23.3 Å². The molecule has 0 aliphatic heterocycles. The molecule has 3 nitrogen and oxygen atoms in total. The number of aromatic carboxylic acids is 1. The number of halogens is 3. The van der Waals surface area contributed by atoms with Crippen molar-refractivity contribution in [3.63, 3.8) is 0 Å². The lowest BCUT2D eigenvalue weighted by molar-refractivity contribution is -0.138. The van der Waals surface area contributed by atoms with Crippen LogP contribution in [0.1, 0.15) is 15.9 Å². The maximum absolute atomic E-state index is 12.3. The zero-order valence-corrected chi connectivity index (χ0v) is 7.63. The topological polar surface area (TPSA) is 46.5 Å². The van der Waals surface area contributed by atoms with E-state index in [-0.39, 0.29) is 5.75 Å². The molecule has 1 aromatic rings. The molecule has 15 heavy (non-hydrogen) atoms. The summed E-state index contributed by atoms with van der Waals surface area (Å²) in [6, 6.07) is 2.59. The molecule has 0 bridgehead atoms. The van der Waals surface area contributed by atoms with Crippen molar-refractivity contribution >= 4 is 5.97 Å². The van der Waals surface area contributed by atoms with Gasteiger partial charge >= 0.3 is 12.1 Å². The van der Waals surface area contributed by atoms with Crippen LogP contribution in [0.5, 0.6) is 5.75 Å². The van der Waals surface area contributed by atoms with Gasteiger partial charge in [0.05, 0.1) is 18.2 Å². The maximum Gasteiger partial charge on any atom is 0.417 e. The fraction of sp³-hybridized carbons (Fsp3) is 0.222. The predicted molar refractivity (Wildman–Crippen MR) is 45.0 cm³/mol. The van der Waals surface area contributed by atoms with Gasteiger partial charge in [-0.05, 0) is 18.2 Å². The van der Waals surface area contributed by atoms with Crippen molar-refractivity contribution in [2.75, 3.05) is 7.11 Å². The van der Waals surface area contributed by atoms with E-state index >= 15 is 0 Å². The fourth-order valence-corrected chi connectivity index (χ4v) is 1.07. The highest BCUT2D eigenvalue weighted by Crippen LogP contribution is 2.33. The number of alkyl halides is 3. The molecule has 0 amide bonds. The molecule has 1 N–H and O–H groups in total. The van der Waals surface area contributed by atoms with Gasteiger partial charge in [0.2, 0.25) is 0 Å². The van der Waals surface area contributed by atoms with Crippen LogP contribution in [0.4, 0.5) is 13.2 Å². The molecule has 82 valence electrons. The zero-order chi connectivity index (χ0) is 11.6. The number of carbonyl (C=O) groups is 1. The number of ether oxygens (including phenoxy) is 1. The van der Waals surface area contributed by atoms with Gasteiger partial charge in [-0.3, -0.25) is 0 Å². The molecule has 0 aliphatic rings. The van der Waals surface area contributed by atoms with Gasteiger partial charge < -0.3 is 9.84 Å². The Bertz CT molecular complexity index is 385. The van der Waals surface area contributed by atoms with Gasteiger partial charge in [0.15, 0.2) is 0 Å². The van der Waals surface area contributed by atoms with E-state index in [1.165, 1.54) is 7.11 Å². The number of hydrogen-bond donors (Lipinski definition) is 1. The average Bonchev–Trinajstić information content (AvgIpc) is 2.15. The summed E-state index contributed by atoms with van der Waals surface area (Å²) in [4.78, 5) is 10.6. The second-order valence-electron chi connectivity index (χ2n) is 2.71. The average molecular weight is 220 g/mol. The number of carboxylic acids is 1. The summed E-state index contributed by atoms with van der Waals surface area (Å²) in [5, 5.41) is 8.59. The van der Waals surface area contributed by atoms with Crippen molar-refractivity contribution in [3.8, 4) is 5.75 Å². The molecule has 0 aromatic heterocycles. The minimum Gasteiger partial charge on any atom is -0.497 e. The number of carboxylic acid groups (broad SMARTS) is 1. The molecule has 0 heterocycles. The van der Waals surface area contributed by atoms with Crippen molar-refractivity contribution in [1.82, 2.24) is 0 Å². The van der Waals surface area contributed by atoms with Gasteiger partial charge in [-0.1, -0.05) is 0 Å². The van der Waals surface area contributed by atoms with Crippen LogP contribution in [-0.2, 0) is 6.18 Å². The minimum absolute atomic E-state index is 0.0698. The monoisotopic (exact) mass is 220 g/mol.